The van der Waals surface area contributed by atoms with E-state index in [2.05, 4.69) is 25.2 Å². The first-order chi connectivity index (χ1) is 9.61. The molecule has 0 aliphatic heterocycles. The van der Waals surface area contributed by atoms with Gasteiger partial charge in [0.15, 0.2) is 0 Å². The third-order valence-corrected chi connectivity index (χ3v) is 5.53. The van der Waals surface area contributed by atoms with Crippen molar-refractivity contribution >= 4 is 0 Å². The predicted molar refractivity (Wildman–Crippen MR) is 81.3 cm³/mol. The summed E-state index contributed by atoms with van der Waals surface area (Å²) >= 11 is 0. The number of halogens is 1. The van der Waals surface area contributed by atoms with E-state index in [1.54, 1.807) is 6.07 Å². The number of hydrogen-bond donors (Lipinski definition) is 1. The topological polar surface area (TPSA) is 12.0 Å². The number of benzene rings is 1. The minimum Gasteiger partial charge on any atom is -0.311 e. The molecule has 0 aromatic heterocycles. The van der Waals surface area contributed by atoms with E-state index < -0.39 is 0 Å². The molecule has 1 N–H and O–H groups in total. The van der Waals surface area contributed by atoms with Gasteiger partial charge < -0.3 is 5.32 Å². The molecular formula is C18H26FN. The molecule has 0 spiro atoms. The van der Waals surface area contributed by atoms with E-state index in [0.29, 0.717) is 18.0 Å². The van der Waals surface area contributed by atoms with E-state index in [4.69, 9.17) is 0 Å². The van der Waals surface area contributed by atoms with E-state index in [0.717, 1.165) is 11.8 Å². The molecule has 1 nitrogen and oxygen atoms in total. The quantitative estimate of drug-likeness (QED) is 0.857. The Kier molecular flexibility index (Phi) is 4.11. The molecule has 0 amide bonds. The zero-order chi connectivity index (χ0) is 14.1. The first-order valence-corrected chi connectivity index (χ1v) is 8.13. The smallest absolute Gasteiger partial charge is 0.123 e. The molecule has 3 unspecified atom stereocenters. The molecule has 2 saturated carbocycles. The normalized spacial score (nSPS) is 37.5. The van der Waals surface area contributed by atoms with Crippen LogP contribution in [0.1, 0.15) is 57.4 Å². The fourth-order valence-corrected chi connectivity index (χ4v) is 3.82. The highest BCUT2D eigenvalue weighted by Crippen LogP contribution is 2.38. The molecule has 3 atom stereocenters. The summed E-state index contributed by atoms with van der Waals surface area (Å²) in [5.74, 6) is 2.19. The maximum atomic E-state index is 13.2. The third-order valence-electron chi connectivity index (χ3n) is 5.53. The van der Waals surface area contributed by atoms with Gasteiger partial charge in [-0.05, 0) is 67.6 Å². The molecular weight excluding hydrogens is 249 g/mol. The molecule has 2 fully saturated rings. The maximum absolute atomic E-state index is 13.2. The lowest BCUT2D eigenvalue weighted by atomic mass is 9.74. The van der Waals surface area contributed by atoms with Crippen molar-refractivity contribution in [3.8, 4) is 0 Å². The van der Waals surface area contributed by atoms with Crippen LogP contribution in [-0.2, 0) is 0 Å². The van der Waals surface area contributed by atoms with E-state index in [-0.39, 0.29) is 5.82 Å². The lowest BCUT2D eigenvalue weighted by Gasteiger charge is -2.41. The molecule has 0 radical (unpaired) electrons. The van der Waals surface area contributed by atoms with Crippen LogP contribution < -0.4 is 5.32 Å². The van der Waals surface area contributed by atoms with Gasteiger partial charge in [0.25, 0.3) is 0 Å². The van der Waals surface area contributed by atoms with E-state index in [1.165, 1.54) is 43.7 Å². The molecule has 0 heterocycles. The van der Waals surface area contributed by atoms with E-state index in [9.17, 15) is 4.39 Å². The average molecular weight is 275 g/mol. The Bertz CT molecular complexity index is 452. The second kappa shape index (κ2) is 5.85. The SMILES string of the molecule is CC1CCC(NC2CC(c3cccc(F)c3)C2)CC1C. The van der Waals surface area contributed by atoms with Gasteiger partial charge in [-0.25, -0.2) is 4.39 Å². The first-order valence-electron chi connectivity index (χ1n) is 8.13. The highest BCUT2D eigenvalue weighted by Gasteiger charge is 2.33. The number of hydrogen-bond acceptors (Lipinski definition) is 1. The largest absolute Gasteiger partial charge is 0.311 e. The second-order valence-corrected chi connectivity index (χ2v) is 7.05. The standard InChI is InChI=1S/C18H26FN/c1-12-6-7-17(8-13(12)2)20-18-10-15(11-18)14-4-3-5-16(19)9-14/h3-5,9,12-13,15,17-18,20H,6-8,10-11H2,1-2H3. The monoisotopic (exact) mass is 275 g/mol. The van der Waals surface area contributed by atoms with Gasteiger partial charge in [0.2, 0.25) is 0 Å². The Morgan fingerprint density at radius 3 is 2.50 bits per heavy atom. The van der Waals surface area contributed by atoms with Crippen molar-refractivity contribution in [2.24, 2.45) is 11.8 Å². The van der Waals surface area contributed by atoms with Gasteiger partial charge >= 0.3 is 0 Å². The minimum absolute atomic E-state index is 0.103. The Balaban J connectivity index is 1.47. The minimum atomic E-state index is -0.103. The lowest BCUT2D eigenvalue weighted by Crippen LogP contribution is -2.47. The zero-order valence-corrected chi connectivity index (χ0v) is 12.6. The summed E-state index contributed by atoms with van der Waals surface area (Å²) < 4.78 is 13.2. The van der Waals surface area contributed by atoms with Crippen LogP contribution >= 0.6 is 0 Å². The molecule has 20 heavy (non-hydrogen) atoms. The second-order valence-electron chi connectivity index (χ2n) is 7.05. The number of nitrogens with one attached hydrogen (secondary N) is 1. The molecule has 3 rings (SSSR count). The van der Waals surface area contributed by atoms with Crippen LogP contribution in [0.4, 0.5) is 4.39 Å². The fraction of sp³-hybridized carbons (Fsp3) is 0.667. The Hall–Kier alpha value is -0.890. The maximum Gasteiger partial charge on any atom is 0.123 e. The van der Waals surface area contributed by atoms with Crippen molar-refractivity contribution in [2.45, 2.75) is 64.0 Å². The molecule has 1 aromatic rings. The molecule has 110 valence electrons. The summed E-state index contributed by atoms with van der Waals surface area (Å²) in [7, 11) is 0. The summed E-state index contributed by atoms with van der Waals surface area (Å²) in [6.45, 7) is 4.76. The van der Waals surface area contributed by atoms with Crippen molar-refractivity contribution < 1.29 is 4.39 Å². The Morgan fingerprint density at radius 1 is 1.00 bits per heavy atom. The van der Waals surface area contributed by atoms with Crippen LogP contribution in [0, 0.1) is 17.7 Å². The van der Waals surface area contributed by atoms with Crippen molar-refractivity contribution in [1.82, 2.24) is 5.32 Å². The summed E-state index contributed by atoms with van der Waals surface area (Å²) in [6, 6.07) is 8.48. The van der Waals surface area contributed by atoms with Gasteiger partial charge in [-0.1, -0.05) is 26.0 Å². The van der Waals surface area contributed by atoms with Gasteiger partial charge in [0.1, 0.15) is 5.82 Å². The van der Waals surface area contributed by atoms with Crippen LogP contribution in [0.5, 0.6) is 0 Å². The van der Waals surface area contributed by atoms with E-state index in [1.807, 2.05) is 6.07 Å². The van der Waals surface area contributed by atoms with Crippen LogP contribution in [0.25, 0.3) is 0 Å². The van der Waals surface area contributed by atoms with Gasteiger partial charge in [-0.15, -0.1) is 0 Å². The van der Waals surface area contributed by atoms with Gasteiger partial charge in [-0.2, -0.15) is 0 Å². The lowest BCUT2D eigenvalue weighted by molar-refractivity contribution is 0.183. The van der Waals surface area contributed by atoms with Gasteiger partial charge in [0.05, 0.1) is 0 Å². The Morgan fingerprint density at radius 2 is 1.80 bits per heavy atom. The summed E-state index contributed by atoms with van der Waals surface area (Å²) in [4.78, 5) is 0. The van der Waals surface area contributed by atoms with Crippen molar-refractivity contribution in [2.75, 3.05) is 0 Å². The highest BCUT2D eigenvalue weighted by atomic mass is 19.1. The summed E-state index contributed by atoms with van der Waals surface area (Å²) in [6.07, 6.45) is 6.35. The zero-order valence-electron chi connectivity index (χ0n) is 12.6. The van der Waals surface area contributed by atoms with Crippen molar-refractivity contribution in [3.05, 3.63) is 35.6 Å². The van der Waals surface area contributed by atoms with Crippen molar-refractivity contribution in [1.29, 1.82) is 0 Å². The van der Waals surface area contributed by atoms with Crippen molar-refractivity contribution in [3.63, 3.8) is 0 Å². The molecule has 2 aliphatic rings. The van der Waals surface area contributed by atoms with Gasteiger partial charge in [0, 0.05) is 12.1 Å². The fourth-order valence-electron chi connectivity index (χ4n) is 3.82. The molecule has 1 aromatic carbocycles. The highest BCUT2D eigenvalue weighted by molar-refractivity contribution is 5.23. The predicted octanol–water partition coefficient (Wildman–Crippen LogP) is 4.49. The third kappa shape index (κ3) is 3.06. The average Bonchev–Trinajstić information content (AvgIpc) is 2.37. The summed E-state index contributed by atoms with van der Waals surface area (Å²) in [5.41, 5.74) is 1.17. The molecule has 2 aliphatic carbocycles. The molecule has 0 saturated heterocycles. The number of rotatable bonds is 3. The molecule has 0 bridgehead atoms. The summed E-state index contributed by atoms with van der Waals surface area (Å²) in [5, 5.41) is 3.83. The van der Waals surface area contributed by atoms with Crippen LogP contribution in [0.3, 0.4) is 0 Å². The Labute approximate surface area is 122 Å². The van der Waals surface area contributed by atoms with Crippen LogP contribution in [0.15, 0.2) is 24.3 Å². The van der Waals surface area contributed by atoms with Gasteiger partial charge in [-0.3, -0.25) is 0 Å². The first kappa shape index (κ1) is 14.1. The van der Waals surface area contributed by atoms with E-state index >= 15 is 0 Å². The van der Waals surface area contributed by atoms with Crippen LogP contribution in [-0.4, -0.2) is 12.1 Å². The molecule has 2 heteroatoms. The van der Waals surface area contributed by atoms with Crippen LogP contribution in [0.2, 0.25) is 0 Å².